The first-order valence-electron chi connectivity index (χ1n) is 6.46. The number of para-hydroxylation sites is 1. The summed E-state index contributed by atoms with van der Waals surface area (Å²) < 4.78 is 18.6. The molecule has 5 heteroatoms. The molecule has 0 heterocycles. The van der Waals surface area contributed by atoms with Gasteiger partial charge in [0.1, 0.15) is 11.8 Å². The lowest BCUT2D eigenvalue weighted by atomic mass is 10.2. The van der Waals surface area contributed by atoms with E-state index in [1.54, 1.807) is 18.2 Å². The lowest BCUT2D eigenvalue weighted by Crippen LogP contribution is -2.05. The second-order valence-corrected chi connectivity index (χ2v) is 6.80. The molecule has 0 aromatic heterocycles. The minimum Gasteiger partial charge on any atom is -0.492 e. The number of benzene rings is 2. The quantitative estimate of drug-likeness (QED) is 0.731. The molecule has 0 amide bonds. The molecule has 108 valence electrons. The van der Waals surface area contributed by atoms with Crippen LogP contribution in [0.4, 0.5) is 0 Å². The molecule has 0 saturated heterocycles. The molecule has 0 spiro atoms. The molecule has 0 bridgehead atoms. The first-order valence-corrected chi connectivity index (χ1v) is 8.58. The first kappa shape index (κ1) is 15.7. The average Bonchev–Trinajstić information content (AvgIpc) is 2.52. The van der Waals surface area contributed by atoms with Crippen molar-refractivity contribution in [1.29, 1.82) is 5.26 Å². The van der Waals surface area contributed by atoms with Gasteiger partial charge in [-0.3, -0.25) is 4.21 Å². The van der Waals surface area contributed by atoms with Gasteiger partial charge in [-0.1, -0.05) is 28.1 Å². The van der Waals surface area contributed by atoms with E-state index in [0.29, 0.717) is 30.1 Å². The maximum atomic E-state index is 12.1. The predicted molar refractivity (Wildman–Crippen MR) is 86.7 cm³/mol. The highest BCUT2D eigenvalue weighted by molar-refractivity contribution is 9.10. The number of hydrogen-bond acceptors (Lipinski definition) is 3. The first-order chi connectivity index (χ1) is 10.2. The Kier molecular flexibility index (Phi) is 5.97. The van der Waals surface area contributed by atoms with Crippen molar-refractivity contribution >= 4 is 26.7 Å². The molecule has 3 nitrogen and oxygen atoms in total. The third-order valence-corrected chi connectivity index (χ3v) is 4.80. The fourth-order valence-electron chi connectivity index (χ4n) is 1.76. The van der Waals surface area contributed by atoms with Gasteiger partial charge in [0, 0.05) is 15.1 Å². The predicted octanol–water partition coefficient (Wildman–Crippen LogP) is 3.90. The number of halogens is 1. The number of nitriles is 1. The summed E-state index contributed by atoms with van der Waals surface area (Å²) in [6.07, 6.45) is 0.669. The Bertz CT molecular complexity index is 665. The summed E-state index contributed by atoms with van der Waals surface area (Å²) in [5.74, 6) is 1.12. The van der Waals surface area contributed by atoms with E-state index in [-0.39, 0.29) is 0 Å². The zero-order valence-electron chi connectivity index (χ0n) is 11.3. The van der Waals surface area contributed by atoms with Crippen LogP contribution in [0.15, 0.2) is 57.9 Å². The van der Waals surface area contributed by atoms with Crippen molar-refractivity contribution in [1.82, 2.24) is 0 Å². The summed E-state index contributed by atoms with van der Waals surface area (Å²) in [6.45, 7) is 0.445. The molecule has 2 aromatic rings. The molecule has 1 unspecified atom stereocenters. The van der Waals surface area contributed by atoms with Crippen molar-refractivity contribution in [2.75, 3.05) is 12.4 Å². The molecule has 0 aliphatic heterocycles. The lowest BCUT2D eigenvalue weighted by molar-refractivity contribution is 0.317. The van der Waals surface area contributed by atoms with E-state index in [1.165, 1.54) is 0 Å². The van der Waals surface area contributed by atoms with Gasteiger partial charge in [-0.15, -0.1) is 0 Å². The van der Waals surface area contributed by atoms with E-state index >= 15 is 0 Å². The van der Waals surface area contributed by atoms with Crippen LogP contribution in [0.2, 0.25) is 0 Å². The summed E-state index contributed by atoms with van der Waals surface area (Å²) in [5, 5.41) is 8.95. The van der Waals surface area contributed by atoms with Crippen molar-refractivity contribution in [2.24, 2.45) is 0 Å². The zero-order chi connectivity index (χ0) is 15.1. The van der Waals surface area contributed by atoms with Crippen LogP contribution in [0.1, 0.15) is 12.0 Å². The van der Waals surface area contributed by atoms with Crippen LogP contribution in [0.5, 0.6) is 5.75 Å². The van der Waals surface area contributed by atoms with Crippen LogP contribution in [-0.2, 0) is 10.8 Å². The van der Waals surface area contributed by atoms with Crippen molar-refractivity contribution in [3.05, 3.63) is 58.6 Å². The standard InChI is InChI=1S/C16H14BrNO2S/c17-14-6-8-15(9-7-14)21(19)11-3-10-20-16-5-2-1-4-13(16)12-18/h1-2,4-9H,3,10-11H2. The van der Waals surface area contributed by atoms with E-state index in [2.05, 4.69) is 22.0 Å². The number of ether oxygens (including phenoxy) is 1. The second-order valence-electron chi connectivity index (χ2n) is 4.31. The summed E-state index contributed by atoms with van der Waals surface area (Å²) in [7, 11) is -1.02. The summed E-state index contributed by atoms with van der Waals surface area (Å²) in [6, 6.07) is 16.7. The summed E-state index contributed by atoms with van der Waals surface area (Å²) in [5.41, 5.74) is 0.520. The maximum absolute atomic E-state index is 12.1. The fourth-order valence-corrected chi connectivity index (χ4v) is 3.08. The van der Waals surface area contributed by atoms with Crippen molar-refractivity contribution < 1.29 is 8.95 Å². The molecule has 0 N–H and O–H groups in total. The van der Waals surface area contributed by atoms with E-state index in [1.807, 2.05) is 30.3 Å². The third-order valence-electron chi connectivity index (χ3n) is 2.82. The number of hydrogen-bond donors (Lipinski definition) is 0. The smallest absolute Gasteiger partial charge is 0.137 e. The number of rotatable bonds is 6. The molecule has 1 atom stereocenters. The molecule has 0 fully saturated rings. The Labute approximate surface area is 135 Å². The van der Waals surface area contributed by atoms with Gasteiger partial charge in [0.15, 0.2) is 0 Å². The Morgan fingerprint density at radius 3 is 2.57 bits per heavy atom. The van der Waals surface area contributed by atoms with Crippen LogP contribution in [0.3, 0.4) is 0 Å². The van der Waals surface area contributed by atoms with E-state index in [9.17, 15) is 4.21 Å². The largest absolute Gasteiger partial charge is 0.492 e. The second kappa shape index (κ2) is 7.96. The minimum absolute atomic E-state index is 0.445. The van der Waals surface area contributed by atoms with Gasteiger partial charge in [0.05, 0.1) is 23.0 Å². The highest BCUT2D eigenvalue weighted by atomic mass is 79.9. The molecule has 0 aliphatic carbocycles. The molecule has 0 saturated carbocycles. The minimum atomic E-state index is -1.02. The molecule has 0 aliphatic rings. The van der Waals surface area contributed by atoms with Gasteiger partial charge >= 0.3 is 0 Å². The fraction of sp³-hybridized carbons (Fsp3) is 0.188. The molecule has 2 rings (SSSR count). The van der Waals surface area contributed by atoms with Gasteiger partial charge < -0.3 is 4.74 Å². The van der Waals surface area contributed by atoms with E-state index < -0.39 is 10.8 Å². The zero-order valence-corrected chi connectivity index (χ0v) is 13.7. The van der Waals surface area contributed by atoms with Gasteiger partial charge in [0.2, 0.25) is 0 Å². The Balaban J connectivity index is 1.81. The van der Waals surface area contributed by atoms with Gasteiger partial charge in [0.25, 0.3) is 0 Å². The number of nitrogens with zero attached hydrogens (tertiary/aromatic N) is 1. The lowest BCUT2D eigenvalue weighted by Gasteiger charge is -2.07. The van der Waals surface area contributed by atoms with Crippen LogP contribution in [-0.4, -0.2) is 16.6 Å². The average molecular weight is 364 g/mol. The third kappa shape index (κ3) is 4.69. The van der Waals surface area contributed by atoms with Crippen LogP contribution < -0.4 is 4.74 Å². The van der Waals surface area contributed by atoms with E-state index in [4.69, 9.17) is 10.00 Å². The highest BCUT2D eigenvalue weighted by Gasteiger charge is 2.05. The topological polar surface area (TPSA) is 50.1 Å². The monoisotopic (exact) mass is 363 g/mol. The van der Waals surface area contributed by atoms with Crippen molar-refractivity contribution in [3.8, 4) is 11.8 Å². The van der Waals surface area contributed by atoms with Crippen LogP contribution >= 0.6 is 15.9 Å². The summed E-state index contributed by atoms with van der Waals surface area (Å²) in [4.78, 5) is 0.815. The molecule has 0 radical (unpaired) electrons. The van der Waals surface area contributed by atoms with Crippen LogP contribution in [0.25, 0.3) is 0 Å². The maximum Gasteiger partial charge on any atom is 0.137 e. The van der Waals surface area contributed by atoms with Crippen LogP contribution in [0, 0.1) is 11.3 Å². The SMILES string of the molecule is N#Cc1ccccc1OCCCS(=O)c1ccc(Br)cc1. The molecule has 2 aromatic carbocycles. The van der Waals surface area contributed by atoms with E-state index in [0.717, 1.165) is 9.37 Å². The summed E-state index contributed by atoms with van der Waals surface area (Å²) >= 11 is 3.35. The molecular formula is C16H14BrNO2S. The molecule has 21 heavy (non-hydrogen) atoms. The van der Waals surface area contributed by atoms with Crippen molar-refractivity contribution in [2.45, 2.75) is 11.3 Å². The molecular weight excluding hydrogens is 350 g/mol. The Morgan fingerprint density at radius 1 is 1.14 bits per heavy atom. The Hall–Kier alpha value is -1.64. The normalized spacial score (nSPS) is 11.6. The highest BCUT2D eigenvalue weighted by Crippen LogP contribution is 2.17. The van der Waals surface area contributed by atoms with Gasteiger partial charge in [-0.05, 0) is 42.8 Å². The Morgan fingerprint density at radius 2 is 1.86 bits per heavy atom. The van der Waals surface area contributed by atoms with Gasteiger partial charge in [-0.25, -0.2) is 0 Å². The van der Waals surface area contributed by atoms with Gasteiger partial charge in [-0.2, -0.15) is 5.26 Å². The van der Waals surface area contributed by atoms with Crippen molar-refractivity contribution in [3.63, 3.8) is 0 Å².